The van der Waals surface area contributed by atoms with Crippen molar-refractivity contribution >= 4 is 69.0 Å². The second kappa shape index (κ2) is 13.9. The highest BCUT2D eigenvalue weighted by atomic mass is 32.1. The Morgan fingerprint density at radius 1 is 0.655 bits per heavy atom. The van der Waals surface area contributed by atoms with E-state index in [2.05, 4.69) is 174 Å². The predicted molar refractivity (Wildman–Crippen MR) is 246 cm³/mol. The van der Waals surface area contributed by atoms with Gasteiger partial charge in [0.1, 0.15) is 11.5 Å². The number of fused-ring (bicyclic) bond motifs is 10. The Morgan fingerprint density at radius 3 is 2.00 bits per heavy atom. The molecule has 0 bridgehead atoms. The first-order valence-electron chi connectivity index (χ1n) is 20.7. The van der Waals surface area contributed by atoms with E-state index in [1.807, 2.05) is 22.7 Å². The molecule has 3 aromatic heterocycles. The van der Waals surface area contributed by atoms with E-state index in [4.69, 9.17) is 4.74 Å². The number of benzene rings is 6. The van der Waals surface area contributed by atoms with E-state index in [1.165, 1.54) is 86.1 Å². The van der Waals surface area contributed by atoms with Crippen LogP contribution >= 0.6 is 22.7 Å². The first-order chi connectivity index (χ1) is 28.7. The van der Waals surface area contributed by atoms with E-state index < -0.39 is 0 Å². The Balaban J connectivity index is 0.900. The van der Waals surface area contributed by atoms with Gasteiger partial charge in [-0.05, 0) is 89.8 Å². The van der Waals surface area contributed by atoms with Crippen LogP contribution < -0.4 is 4.74 Å². The van der Waals surface area contributed by atoms with E-state index >= 15 is 0 Å². The lowest BCUT2D eigenvalue weighted by Gasteiger charge is -2.28. The Hall–Kier alpha value is -5.94. The molecule has 0 spiro atoms. The van der Waals surface area contributed by atoms with Crippen LogP contribution in [0.2, 0.25) is 0 Å². The fourth-order valence-electron chi connectivity index (χ4n) is 10.1. The van der Waals surface area contributed by atoms with Gasteiger partial charge in [0.25, 0.3) is 0 Å². The molecule has 3 atom stereocenters. The molecule has 9 aromatic rings. The van der Waals surface area contributed by atoms with E-state index in [1.54, 1.807) is 5.57 Å². The van der Waals surface area contributed by atoms with Crippen LogP contribution in [0.25, 0.3) is 57.4 Å². The highest BCUT2D eigenvalue weighted by molar-refractivity contribution is 7.33. The molecule has 12 rings (SSSR count). The number of aromatic nitrogens is 1. The number of nitrogens with zero attached hydrogens (tertiary/aromatic N) is 1. The summed E-state index contributed by atoms with van der Waals surface area (Å²) in [5.74, 6) is 3.16. The summed E-state index contributed by atoms with van der Waals surface area (Å²) in [4.78, 5) is 0. The molecule has 0 radical (unpaired) electrons. The van der Waals surface area contributed by atoms with Crippen LogP contribution in [0.3, 0.4) is 0 Å². The van der Waals surface area contributed by atoms with Gasteiger partial charge in [-0.3, -0.25) is 0 Å². The predicted octanol–water partition coefficient (Wildman–Crippen LogP) is 15.4. The molecule has 0 fully saturated rings. The summed E-state index contributed by atoms with van der Waals surface area (Å²) in [6, 6.07) is 56.1. The number of hydrogen-bond acceptors (Lipinski definition) is 3. The third-order valence-electron chi connectivity index (χ3n) is 13.0. The number of thiophene rings is 2. The Morgan fingerprint density at radius 2 is 1.31 bits per heavy atom. The van der Waals surface area contributed by atoms with Crippen LogP contribution in [-0.2, 0) is 6.42 Å². The van der Waals surface area contributed by atoms with Crippen molar-refractivity contribution in [2.45, 2.75) is 49.9 Å². The Bertz CT molecular complexity index is 3030. The lowest BCUT2D eigenvalue weighted by Crippen LogP contribution is -2.13. The zero-order valence-corrected chi connectivity index (χ0v) is 33.7. The quantitative estimate of drug-likeness (QED) is 0.147. The molecule has 0 saturated heterocycles. The SMILES string of the molecule is C1=C(C(Cc2ccc3c(c2)C2CC(n4c5c6ccccc6sc5c5sc6ccccc6c54)=CC=C2O3)c2ccc(-c3ccccc3)cc2)CCC(c2ccccc2)C1. The molecule has 280 valence electrons. The average molecular weight is 784 g/mol. The van der Waals surface area contributed by atoms with Crippen molar-refractivity contribution < 1.29 is 4.74 Å². The maximum atomic E-state index is 6.63. The Kier molecular flexibility index (Phi) is 8.16. The number of rotatable bonds is 7. The molecule has 2 aliphatic carbocycles. The summed E-state index contributed by atoms with van der Waals surface area (Å²) >= 11 is 3.87. The zero-order valence-electron chi connectivity index (χ0n) is 32.1. The van der Waals surface area contributed by atoms with Gasteiger partial charge in [-0.15, -0.1) is 22.7 Å². The molecule has 2 nitrogen and oxygen atoms in total. The van der Waals surface area contributed by atoms with Gasteiger partial charge < -0.3 is 9.30 Å². The van der Waals surface area contributed by atoms with Crippen molar-refractivity contribution in [1.29, 1.82) is 0 Å². The van der Waals surface area contributed by atoms with Crippen LogP contribution in [-0.4, -0.2) is 4.57 Å². The molecule has 0 saturated carbocycles. The zero-order chi connectivity index (χ0) is 38.2. The van der Waals surface area contributed by atoms with Crippen LogP contribution in [0, 0.1) is 0 Å². The Labute approximate surface area is 346 Å². The largest absolute Gasteiger partial charge is 0.461 e. The topological polar surface area (TPSA) is 14.2 Å². The van der Waals surface area contributed by atoms with Gasteiger partial charge in [0.15, 0.2) is 0 Å². The minimum absolute atomic E-state index is 0.182. The van der Waals surface area contributed by atoms with Crippen molar-refractivity contribution in [3.63, 3.8) is 0 Å². The van der Waals surface area contributed by atoms with E-state index in [-0.39, 0.29) is 5.92 Å². The second-order valence-electron chi connectivity index (χ2n) is 16.3. The molecule has 4 heteroatoms. The lowest BCUT2D eigenvalue weighted by molar-refractivity contribution is 0.425. The number of allylic oxidation sites excluding steroid dienone is 6. The number of ether oxygens (including phenoxy) is 1. The molecule has 6 aromatic carbocycles. The average Bonchev–Trinajstić information content (AvgIpc) is 4.04. The maximum Gasteiger partial charge on any atom is 0.130 e. The minimum atomic E-state index is 0.182. The third kappa shape index (κ3) is 5.65. The van der Waals surface area contributed by atoms with Crippen molar-refractivity contribution in [2.24, 2.45) is 0 Å². The van der Waals surface area contributed by atoms with Gasteiger partial charge in [0.2, 0.25) is 0 Å². The minimum Gasteiger partial charge on any atom is -0.461 e. The monoisotopic (exact) mass is 783 g/mol. The van der Waals surface area contributed by atoms with Crippen molar-refractivity contribution in [3.8, 4) is 16.9 Å². The highest BCUT2D eigenvalue weighted by Gasteiger charge is 2.35. The van der Waals surface area contributed by atoms with Crippen LogP contribution in [0.15, 0.2) is 181 Å². The summed E-state index contributed by atoms with van der Waals surface area (Å²) in [6.07, 6.45) is 12.4. The van der Waals surface area contributed by atoms with Crippen LogP contribution in [0.1, 0.15) is 65.7 Å². The summed E-state index contributed by atoms with van der Waals surface area (Å²) in [7, 11) is 0. The van der Waals surface area contributed by atoms with Gasteiger partial charge >= 0.3 is 0 Å². The second-order valence-corrected chi connectivity index (χ2v) is 18.4. The van der Waals surface area contributed by atoms with Gasteiger partial charge in [0.05, 0.1) is 26.4 Å². The van der Waals surface area contributed by atoms with Gasteiger partial charge in [-0.1, -0.05) is 145 Å². The van der Waals surface area contributed by atoms with E-state index in [9.17, 15) is 0 Å². The lowest BCUT2D eigenvalue weighted by atomic mass is 9.76. The molecular formula is C54H41NOS2. The van der Waals surface area contributed by atoms with Gasteiger partial charge in [-0.2, -0.15) is 0 Å². The van der Waals surface area contributed by atoms with Gasteiger partial charge in [-0.25, -0.2) is 0 Å². The smallest absolute Gasteiger partial charge is 0.130 e. The summed E-state index contributed by atoms with van der Waals surface area (Å²) in [5.41, 5.74) is 13.7. The molecule has 3 unspecified atom stereocenters. The molecule has 3 aliphatic rings. The molecule has 0 N–H and O–H groups in total. The fourth-order valence-corrected chi connectivity index (χ4v) is 12.6. The molecule has 4 heterocycles. The van der Waals surface area contributed by atoms with Crippen LogP contribution in [0.4, 0.5) is 0 Å². The maximum absolute atomic E-state index is 6.63. The number of hydrogen-bond donors (Lipinski definition) is 0. The highest BCUT2D eigenvalue weighted by Crippen LogP contribution is 2.52. The molecule has 58 heavy (non-hydrogen) atoms. The molecular weight excluding hydrogens is 743 g/mol. The van der Waals surface area contributed by atoms with E-state index in [0.29, 0.717) is 11.8 Å². The first-order valence-corrected chi connectivity index (χ1v) is 22.3. The standard InChI is InChI=1S/C54H41NOS2/c1-3-11-35(12-4-1)37-20-24-39(25-21-37)44(40-26-22-38(23-27-40)36-13-5-2-6-14-36)31-34-19-29-47-45(32-34)46-33-41(28-30-48(46)56-47)55-51-42-15-7-9-17-49(42)57-53(51)54-52(55)43-16-8-10-18-50(43)58-54/h1-21,24-26,28-30,32,38,44,46H,22-23,27,31,33H2. The summed E-state index contributed by atoms with van der Waals surface area (Å²) < 4.78 is 14.7. The third-order valence-corrected chi connectivity index (χ3v) is 15.5. The normalized spacial score (nSPS) is 18.2. The fraction of sp³-hybridized carbons (Fsp3) is 0.148. The van der Waals surface area contributed by atoms with Crippen molar-refractivity contribution in [1.82, 2.24) is 4.57 Å². The van der Waals surface area contributed by atoms with Crippen molar-refractivity contribution in [2.75, 3.05) is 0 Å². The van der Waals surface area contributed by atoms with E-state index in [0.717, 1.165) is 37.2 Å². The van der Waals surface area contributed by atoms with Crippen LogP contribution in [0.5, 0.6) is 5.75 Å². The summed E-state index contributed by atoms with van der Waals surface area (Å²) in [5, 5.41) is 2.68. The van der Waals surface area contributed by atoms with Gasteiger partial charge in [0, 0.05) is 43.8 Å². The first kappa shape index (κ1) is 34.1. The van der Waals surface area contributed by atoms with Crippen molar-refractivity contribution in [3.05, 3.63) is 203 Å². The molecule has 1 aliphatic heterocycles. The summed E-state index contributed by atoms with van der Waals surface area (Å²) in [6.45, 7) is 0. The molecule has 0 amide bonds.